The van der Waals surface area contributed by atoms with Gasteiger partial charge in [0.1, 0.15) is 6.04 Å². The molecule has 1 saturated heterocycles. The molecule has 2 atom stereocenters. The summed E-state index contributed by atoms with van der Waals surface area (Å²) in [6.45, 7) is 0. The number of hydrogen-bond donors (Lipinski definition) is 3. The smallest absolute Gasteiger partial charge is 0.322 e. The second-order valence-corrected chi connectivity index (χ2v) is 3.10. The molecule has 14 heavy (non-hydrogen) atoms. The molecule has 0 radical (unpaired) electrons. The van der Waals surface area contributed by atoms with E-state index in [2.05, 4.69) is 20.8 Å². The molecule has 74 valence electrons. The van der Waals surface area contributed by atoms with Gasteiger partial charge in [0, 0.05) is 12.4 Å². The molecule has 3 N–H and O–H groups in total. The summed E-state index contributed by atoms with van der Waals surface area (Å²) in [7, 11) is 0. The SMILES string of the molecule is O=C(O)C1CC(c2cnccn2)NN1. The number of nitrogens with zero attached hydrogens (tertiary/aromatic N) is 2. The molecule has 2 heterocycles. The quantitative estimate of drug-likeness (QED) is 0.586. The van der Waals surface area contributed by atoms with Crippen molar-refractivity contribution in [2.24, 2.45) is 0 Å². The molecule has 1 aliphatic heterocycles. The van der Waals surface area contributed by atoms with Gasteiger partial charge in [0.25, 0.3) is 0 Å². The molecule has 0 spiro atoms. The third-order valence-electron chi connectivity index (χ3n) is 2.14. The highest BCUT2D eigenvalue weighted by Crippen LogP contribution is 2.19. The van der Waals surface area contributed by atoms with Crippen LogP contribution in [0.25, 0.3) is 0 Å². The highest BCUT2D eigenvalue weighted by molar-refractivity contribution is 5.73. The van der Waals surface area contributed by atoms with Gasteiger partial charge < -0.3 is 5.11 Å². The Bertz CT molecular complexity index is 329. The normalized spacial score (nSPS) is 26.3. The Morgan fingerprint density at radius 2 is 2.36 bits per heavy atom. The number of hydrogen-bond acceptors (Lipinski definition) is 5. The van der Waals surface area contributed by atoms with Gasteiger partial charge in [-0.25, -0.2) is 10.9 Å². The Morgan fingerprint density at radius 1 is 1.50 bits per heavy atom. The molecular formula is C8H10N4O2. The van der Waals surface area contributed by atoms with Crippen LogP contribution < -0.4 is 10.9 Å². The number of carboxylic acid groups (broad SMARTS) is 1. The van der Waals surface area contributed by atoms with Crippen molar-refractivity contribution in [3.05, 3.63) is 24.3 Å². The first-order chi connectivity index (χ1) is 6.77. The summed E-state index contributed by atoms with van der Waals surface area (Å²) in [5, 5.41) is 8.74. The molecule has 6 heteroatoms. The van der Waals surface area contributed by atoms with E-state index < -0.39 is 12.0 Å². The standard InChI is InChI=1S/C8H10N4O2/c13-8(14)6-3-5(11-12-6)7-4-9-1-2-10-7/h1-2,4-6,11-12H,3H2,(H,13,14). The lowest BCUT2D eigenvalue weighted by molar-refractivity contribution is -0.139. The van der Waals surface area contributed by atoms with E-state index in [1.807, 2.05) is 0 Å². The Labute approximate surface area is 80.4 Å². The van der Waals surface area contributed by atoms with E-state index in [-0.39, 0.29) is 6.04 Å². The number of aromatic nitrogens is 2. The average Bonchev–Trinajstić information content (AvgIpc) is 2.68. The van der Waals surface area contributed by atoms with Crippen molar-refractivity contribution in [2.75, 3.05) is 0 Å². The largest absolute Gasteiger partial charge is 0.480 e. The van der Waals surface area contributed by atoms with Gasteiger partial charge in [-0.15, -0.1) is 0 Å². The monoisotopic (exact) mass is 194 g/mol. The number of rotatable bonds is 2. The average molecular weight is 194 g/mol. The Balaban J connectivity index is 2.06. The van der Waals surface area contributed by atoms with Gasteiger partial charge >= 0.3 is 5.97 Å². The topological polar surface area (TPSA) is 87.1 Å². The van der Waals surface area contributed by atoms with Gasteiger partial charge in [0.15, 0.2) is 0 Å². The minimum absolute atomic E-state index is 0.0789. The first-order valence-electron chi connectivity index (χ1n) is 4.27. The second kappa shape index (κ2) is 3.69. The Morgan fingerprint density at radius 3 is 2.93 bits per heavy atom. The van der Waals surface area contributed by atoms with Crippen molar-refractivity contribution in [3.63, 3.8) is 0 Å². The zero-order valence-corrected chi connectivity index (χ0v) is 7.34. The number of nitrogens with one attached hydrogen (secondary N) is 2. The fourth-order valence-corrected chi connectivity index (χ4v) is 1.40. The summed E-state index contributed by atoms with van der Waals surface area (Å²) >= 11 is 0. The van der Waals surface area contributed by atoms with Crippen LogP contribution in [0.15, 0.2) is 18.6 Å². The van der Waals surface area contributed by atoms with Crippen LogP contribution in [0.2, 0.25) is 0 Å². The van der Waals surface area contributed by atoms with Crippen molar-refractivity contribution in [2.45, 2.75) is 18.5 Å². The van der Waals surface area contributed by atoms with Crippen molar-refractivity contribution >= 4 is 5.97 Å². The van der Waals surface area contributed by atoms with Crippen LogP contribution in [0.4, 0.5) is 0 Å². The zero-order chi connectivity index (χ0) is 9.97. The second-order valence-electron chi connectivity index (χ2n) is 3.10. The van der Waals surface area contributed by atoms with Crippen LogP contribution in [0, 0.1) is 0 Å². The molecule has 2 unspecified atom stereocenters. The summed E-state index contributed by atoms with van der Waals surface area (Å²) in [5.74, 6) is -0.858. The van der Waals surface area contributed by atoms with E-state index in [0.29, 0.717) is 6.42 Å². The number of aliphatic carboxylic acids is 1. The van der Waals surface area contributed by atoms with Crippen LogP contribution >= 0.6 is 0 Å². The van der Waals surface area contributed by atoms with Crippen molar-refractivity contribution in [3.8, 4) is 0 Å². The molecule has 1 aromatic heterocycles. The van der Waals surface area contributed by atoms with Gasteiger partial charge in [0.2, 0.25) is 0 Å². The van der Waals surface area contributed by atoms with Gasteiger partial charge in [-0.2, -0.15) is 0 Å². The van der Waals surface area contributed by atoms with Crippen molar-refractivity contribution in [1.29, 1.82) is 0 Å². The molecule has 1 aromatic rings. The van der Waals surface area contributed by atoms with Crippen LogP contribution in [-0.4, -0.2) is 27.1 Å². The number of carboxylic acids is 1. The Hall–Kier alpha value is -1.53. The Kier molecular flexibility index (Phi) is 2.38. The fourth-order valence-electron chi connectivity index (χ4n) is 1.40. The lowest BCUT2D eigenvalue weighted by atomic mass is 10.1. The maximum absolute atomic E-state index is 10.6. The van der Waals surface area contributed by atoms with E-state index in [9.17, 15) is 4.79 Å². The molecule has 0 saturated carbocycles. The summed E-state index contributed by atoms with van der Waals surface area (Å²) in [4.78, 5) is 18.7. The molecular weight excluding hydrogens is 184 g/mol. The van der Waals surface area contributed by atoms with E-state index >= 15 is 0 Å². The minimum Gasteiger partial charge on any atom is -0.480 e. The highest BCUT2D eigenvalue weighted by atomic mass is 16.4. The molecule has 0 aliphatic carbocycles. The summed E-state index contributed by atoms with van der Waals surface area (Å²) in [6, 6.07) is -0.633. The number of hydrazine groups is 1. The molecule has 0 bridgehead atoms. The first kappa shape index (κ1) is 9.04. The molecule has 1 fully saturated rings. The molecule has 0 amide bonds. The number of carbonyl (C=O) groups is 1. The summed E-state index contributed by atoms with van der Waals surface area (Å²) < 4.78 is 0. The maximum atomic E-state index is 10.6. The zero-order valence-electron chi connectivity index (χ0n) is 7.34. The third kappa shape index (κ3) is 1.70. The van der Waals surface area contributed by atoms with Gasteiger partial charge in [-0.05, 0) is 6.42 Å². The summed E-state index contributed by atoms with van der Waals surface area (Å²) in [5.41, 5.74) is 6.31. The molecule has 1 aliphatic rings. The van der Waals surface area contributed by atoms with E-state index in [1.54, 1.807) is 18.6 Å². The van der Waals surface area contributed by atoms with Crippen molar-refractivity contribution in [1.82, 2.24) is 20.8 Å². The van der Waals surface area contributed by atoms with Crippen LogP contribution in [0.5, 0.6) is 0 Å². The van der Waals surface area contributed by atoms with E-state index in [4.69, 9.17) is 5.11 Å². The lowest BCUT2D eigenvalue weighted by Crippen LogP contribution is -2.36. The minimum atomic E-state index is -0.858. The highest BCUT2D eigenvalue weighted by Gasteiger charge is 2.30. The fraction of sp³-hybridized carbons (Fsp3) is 0.375. The third-order valence-corrected chi connectivity index (χ3v) is 2.14. The van der Waals surface area contributed by atoms with Gasteiger partial charge in [-0.3, -0.25) is 14.8 Å². The first-order valence-corrected chi connectivity index (χ1v) is 4.27. The van der Waals surface area contributed by atoms with Gasteiger partial charge in [0.05, 0.1) is 17.9 Å². The van der Waals surface area contributed by atoms with Crippen LogP contribution in [0.3, 0.4) is 0 Å². The lowest BCUT2D eigenvalue weighted by Gasteiger charge is -2.06. The predicted molar refractivity (Wildman–Crippen MR) is 47.1 cm³/mol. The maximum Gasteiger partial charge on any atom is 0.322 e. The van der Waals surface area contributed by atoms with E-state index in [0.717, 1.165) is 5.69 Å². The summed E-state index contributed by atoms with van der Waals surface area (Å²) in [6.07, 6.45) is 5.28. The molecule has 0 aromatic carbocycles. The van der Waals surface area contributed by atoms with E-state index in [1.165, 1.54) is 0 Å². The van der Waals surface area contributed by atoms with Crippen molar-refractivity contribution < 1.29 is 9.90 Å². The van der Waals surface area contributed by atoms with Gasteiger partial charge in [-0.1, -0.05) is 0 Å². The molecule has 2 rings (SSSR count). The van der Waals surface area contributed by atoms with Crippen LogP contribution in [-0.2, 0) is 4.79 Å². The molecule has 6 nitrogen and oxygen atoms in total. The van der Waals surface area contributed by atoms with Crippen LogP contribution in [0.1, 0.15) is 18.2 Å². The predicted octanol–water partition coefficient (Wildman–Crippen LogP) is -0.531.